The highest BCUT2D eigenvalue weighted by atomic mass is 32.1. The van der Waals surface area contributed by atoms with E-state index >= 15 is 0 Å². The monoisotopic (exact) mass is 298 g/mol. The van der Waals surface area contributed by atoms with Gasteiger partial charge < -0.3 is 20.7 Å². The third kappa shape index (κ3) is 3.40. The Kier molecular flexibility index (Phi) is 4.82. The topological polar surface area (TPSA) is 80.5 Å². The van der Waals surface area contributed by atoms with E-state index in [0.29, 0.717) is 34.9 Å². The Morgan fingerprint density at radius 3 is 2.95 bits per heavy atom. The number of ether oxygens (including phenoxy) is 1. The number of amides is 1. The highest BCUT2D eigenvalue weighted by Crippen LogP contribution is 2.36. The molecule has 1 aliphatic carbocycles. The molecule has 7 heteroatoms. The number of nitrogens with two attached hydrogens (primary N) is 1. The fourth-order valence-corrected chi connectivity index (χ4v) is 2.95. The Bertz CT molecular complexity index is 473. The van der Waals surface area contributed by atoms with Crippen LogP contribution in [0.3, 0.4) is 0 Å². The Hall–Kier alpha value is -1.34. The van der Waals surface area contributed by atoms with Crippen LogP contribution in [0.25, 0.3) is 0 Å². The lowest BCUT2D eigenvalue weighted by Gasteiger charge is -2.24. The average molecular weight is 298 g/mol. The number of nitrogens with zero attached hydrogens (tertiary/aromatic N) is 2. The van der Waals surface area contributed by atoms with Crippen molar-refractivity contribution in [1.82, 2.24) is 9.88 Å². The van der Waals surface area contributed by atoms with Gasteiger partial charge in [-0.05, 0) is 25.7 Å². The SMILES string of the molecule is COCCNc1nc(N)c(C(=O)N(C)C(C)C2CC2)s1. The van der Waals surface area contributed by atoms with Crippen molar-refractivity contribution in [3.63, 3.8) is 0 Å². The lowest BCUT2D eigenvalue weighted by molar-refractivity contribution is 0.0733. The molecule has 0 radical (unpaired) electrons. The summed E-state index contributed by atoms with van der Waals surface area (Å²) in [6, 6.07) is 0.258. The van der Waals surface area contributed by atoms with Crippen molar-refractivity contribution in [2.45, 2.75) is 25.8 Å². The van der Waals surface area contributed by atoms with Crippen LogP contribution in [0.4, 0.5) is 10.9 Å². The Balaban J connectivity index is 2.01. The number of hydrogen-bond acceptors (Lipinski definition) is 6. The molecule has 0 aromatic carbocycles. The fourth-order valence-electron chi connectivity index (χ4n) is 2.06. The van der Waals surface area contributed by atoms with Gasteiger partial charge in [0.05, 0.1) is 6.61 Å². The molecule has 6 nitrogen and oxygen atoms in total. The zero-order valence-corrected chi connectivity index (χ0v) is 13.0. The van der Waals surface area contributed by atoms with E-state index in [-0.39, 0.29) is 11.9 Å². The fraction of sp³-hybridized carbons (Fsp3) is 0.692. The zero-order valence-electron chi connectivity index (χ0n) is 12.2. The van der Waals surface area contributed by atoms with Crippen LogP contribution in [0.1, 0.15) is 29.4 Å². The van der Waals surface area contributed by atoms with Crippen molar-refractivity contribution in [3.8, 4) is 0 Å². The number of thiazole rings is 1. The van der Waals surface area contributed by atoms with Crippen LogP contribution in [0, 0.1) is 5.92 Å². The predicted molar refractivity (Wildman–Crippen MR) is 81.2 cm³/mol. The van der Waals surface area contributed by atoms with E-state index in [9.17, 15) is 4.79 Å². The molecule has 3 N–H and O–H groups in total. The molecule has 0 saturated heterocycles. The average Bonchev–Trinajstić information content (AvgIpc) is 3.21. The van der Waals surface area contributed by atoms with E-state index in [1.165, 1.54) is 24.2 Å². The van der Waals surface area contributed by atoms with E-state index in [2.05, 4.69) is 17.2 Å². The van der Waals surface area contributed by atoms with Crippen molar-refractivity contribution in [3.05, 3.63) is 4.88 Å². The second-order valence-electron chi connectivity index (χ2n) is 5.15. The van der Waals surface area contributed by atoms with Crippen molar-refractivity contribution < 1.29 is 9.53 Å². The maximum Gasteiger partial charge on any atom is 0.267 e. The van der Waals surface area contributed by atoms with Crippen LogP contribution in [-0.2, 0) is 4.74 Å². The highest BCUT2D eigenvalue weighted by molar-refractivity contribution is 7.18. The van der Waals surface area contributed by atoms with Crippen molar-refractivity contribution >= 4 is 28.2 Å². The van der Waals surface area contributed by atoms with E-state index in [1.54, 1.807) is 12.0 Å². The van der Waals surface area contributed by atoms with Gasteiger partial charge in [0.1, 0.15) is 10.7 Å². The van der Waals surface area contributed by atoms with Gasteiger partial charge in [0.25, 0.3) is 5.91 Å². The van der Waals surface area contributed by atoms with Crippen molar-refractivity contribution in [2.24, 2.45) is 5.92 Å². The molecule has 1 aromatic heterocycles. The van der Waals surface area contributed by atoms with Crippen LogP contribution >= 0.6 is 11.3 Å². The molecule has 0 bridgehead atoms. The van der Waals surface area contributed by atoms with Gasteiger partial charge in [0, 0.05) is 26.7 Å². The molecule has 1 atom stereocenters. The van der Waals surface area contributed by atoms with Crippen molar-refractivity contribution in [2.75, 3.05) is 38.4 Å². The summed E-state index contributed by atoms with van der Waals surface area (Å²) in [4.78, 5) is 18.9. The summed E-state index contributed by atoms with van der Waals surface area (Å²) in [5.74, 6) is 0.895. The lowest BCUT2D eigenvalue weighted by Crippen LogP contribution is -2.36. The van der Waals surface area contributed by atoms with Gasteiger partial charge in [-0.15, -0.1) is 0 Å². The molecular formula is C13H22N4O2S. The number of anilines is 2. The maximum atomic E-state index is 12.4. The number of nitrogen functional groups attached to an aromatic ring is 1. The number of hydrogen-bond donors (Lipinski definition) is 2. The van der Waals surface area contributed by atoms with E-state index in [1.807, 2.05) is 7.05 Å². The van der Waals surface area contributed by atoms with Crippen LogP contribution in [-0.4, -0.2) is 49.1 Å². The molecule has 1 fully saturated rings. The number of nitrogens with one attached hydrogen (secondary N) is 1. The summed E-state index contributed by atoms with van der Waals surface area (Å²) in [7, 11) is 3.48. The number of rotatable bonds is 7. The third-order valence-corrected chi connectivity index (χ3v) is 4.68. The van der Waals surface area contributed by atoms with Crippen LogP contribution in [0.15, 0.2) is 0 Å². The molecule has 1 aliphatic rings. The largest absolute Gasteiger partial charge is 0.383 e. The molecule has 0 spiro atoms. The van der Waals surface area contributed by atoms with E-state index < -0.39 is 0 Å². The molecular weight excluding hydrogens is 276 g/mol. The lowest BCUT2D eigenvalue weighted by atomic mass is 10.2. The molecule has 1 saturated carbocycles. The van der Waals surface area contributed by atoms with Gasteiger partial charge >= 0.3 is 0 Å². The summed E-state index contributed by atoms with van der Waals surface area (Å²) in [5.41, 5.74) is 5.86. The van der Waals surface area contributed by atoms with Gasteiger partial charge in [-0.1, -0.05) is 11.3 Å². The molecule has 1 heterocycles. The molecule has 20 heavy (non-hydrogen) atoms. The first-order chi connectivity index (χ1) is 9.54. The summed E-state index contributed by atoms with van der Waals surface area (Å²) in [6.45, 7) is 3.32. The summed E-state index contributed by atoms with van der Waals surface area (Å²) in [6.07, 6.45) is 2.42. The third-order valence-electron chi connectivity index (χ3n) is 3.67. The zero-order chi connectivity index (χ0) is 14.7. The van der Waals surface area contributed by atoms with E-state index in [4.69, 9.17) is 10.5 Å². The summed E-state index contributed by atoms with van der Waals surface area (Å²) < 4.78 is 4.96. The first-order valence-corrected chi connectivity index (χ1v) is 7.62. The minimum Gasteiger partial charge on any atom is -0.383 e. The Morgan fingerprint density at radius 2 is 2.35 bits per heavy atom. The summed E-state index contributed by atoms with van der Waals surface area (Å²) >= 11 is 1.30. The maximum absolute atomic E-state index is 12.4. The second kappa shape index (κ2) is 6.41. The normalized spacial score (nSPS) is 15.9. The quantitative estimate of drug-likeness (QED) is 0.748. The van der Waals surface area contributed by atoms with E-state index in [0.717, 1.165) is 0 Å². The molecule has 1 unspecified atom stereocenters. The van der Waals surface area contributed by atoms with Crippen LogP contribution in [0.5, 0.6) is 0 Å². The minimum atomic E-state index is -0.0424. The number of carbonyl (C=O) groups excluding carboxylic acids is 1. The molecule has 1 aromatic rings. The van der Waals surface area contributed by atoms with Gasteiger partial charge in [-0.2, -0.15) is 0 Å². The molecule has 1 amide bonds. The van der Waals surface area contributed by atoms with Gasteiger partial charge in [0.15, 0.2) is 5.13 Å². The van der Waals surface area contributed by atoms with Crippen LogP contribution in [0.2, 0.25) is 0 Å². The standard InChI is InChI=1S/C13H22N4O2S/c1-8(9-4-5-9)17(2)12(18)10-11(14)16-13(20-10)15-6-7-19-3/h8-9H,4-7,14H2,1-3H3,(H,15,16). The number of aromatic nitrogens is 1. The number of carbonyl (C=O) groups is 1. The highest BCUT2D eigenvalue weighted by Gasteiger charge is 2.33. The molecule has 2 rings (SSSR count). The first kappa shape index (κ1) is 15.1. The summed E-state index contributed by atoms with van der Waals surface area (Å²) in [5, 5.41) is 3.76. The van der Waals surface area contributed by atoms with Crippen molar-refractivity contribution in [1.29, 1.82) is 0 Å². The Labute approximate surface area is 123 Å². The van der Waals surface area contributed by atoms with Crippen LogP contribution < -0.4 is 11.1 Å². The Morgan fingerprint density at radius 1 is 1.65 bits per heavy atom. The predicted octanol–water partition coefficient (Wildman–Crippen LogP) is 1.65. The number of methoxy groups -OCH3 is 1. The minimum absolute atomic E-state index is 0.0424. The second-order valence-corrected chi connectivity index (χ2v) is 6.15. The van der Waals surface area contributed by atoms with Gasteiger partial charge in [0.2, 0.25) is 0 Å². The van der Waals surface area contributed by atoms with Gasteiger partial charge in [-0.3, -0.25) is 4.79 Å². The van der Waals surface area contributed by atoms with Gasteiger partial charge in [-0.25, -0.2) is 4.98 Å². The smallest absolute Gasteiger partial charge is 0.267 e. The first-order valence-electron chi connectivity index (χ1n) is 6.80. The molecule has 0 aliphatic heterocycles. The molecule has 112 valence electrons.